The molecule has 0 aliphatic heterocycles. The van der Waals surface area contributed by atoms with Crippen molar-refractivity contribution in [3.63, 3.8) is 0 Å². The standard InChI is InChI=1S/C10H20OS/c1-3-10(2,11)8-12-9-6-4-5-7-9/h9,11H,3-8H2,1-2H3. The van der Waals surface area contributed by atoms with Crippen LogP contribution in [0.1, 0.15) is 46.0 Å². The summed E-state index contributed by atoms with van der Waals surface area (Å²) in [4.78, 5) is 0. The summed E-state index contributed by atoms with van der Waals surface area (Å²) in [5.74, 6) is 0.911. The van der Waals surface area contributed by atoms with E-state index >= 15 is 0 Å². The maximum atomic E-state index is 9.76. The number of hydrogen-bond donors (Lipinski definition) is 1. The minimum absolute atomic E-state index is 0.437. The van der Waals surface area contributed by atoms with Gasteiger partial charge in [-0.25, -0.2) is 0 Å². The first-order valence-corrected chi connectivity index (χ1v) is 6.03. The SMILES string of the molecule is CCC(C)(O)CSC1CCCC1. The molecule has 0 aromatic rings. The van der Waals surface area contributed by atoms with Crippen LogP contribution >= 0.6 is 11.8 Å². The van der Waals surface area contributed by atoms with Gasteiger partial charge in [-0.2, -0.15) is 11.8 Å². The molecule has 0 aromatic carbocycles. The molecule has 12 heavy (non-hydrogen) atoms. The molecule has 1 rings (SSSR count). The first-order chi connectivity index (χ1) is 5.64. The molecule has 72 valence electrons. The van der Waals surface area contributed by atoms with Gasteiger partial charge >= 0.3 is 0 Å². The van der Waals surface area contributed by atoms with Crippen LogP contribution in [0.4, 0.5) is 0 Å². The third-order valence-corrected chi connectivity index (χ3v) is 4.43. The summed E-state index contributed by atoms with van der Waals surface area (Å²) in [5, 5.41) is 10.6. The molecule has 1 unspecified atom stereocenters. The van der Waals surface area contributed by atoms with E-state index in [1.807, 2.05) is 18.7 Å². The smallest absolute Gasteiger partial charge is 0.0707 e. The highest BCUT2D eigenvalue weighted by molar-refractivity contribution is 7.99. The number of hydrogen-bond acceptors (Lipinski definition) is 2. The Balaban J connectivity index is 2.15. The third-order valence-electron chi connectivity index (χ3n) is 2.69. The summed E-state index contributed by atoms with van der Waals surface area (Å²) in [6, 6.07) is 0. The lowest BCUT2D eigenvalue weighted by Gasteiger charge is -2.22. The highest BCUT2D eigenvalue weighted by atomic mass is 32.2. The maximum Gasteiger partial charge on any atom is 0.0707 e. The molecule has 1 fully saturated rings. The molecule has 0 amide bonds. The quantitative estimate of drug-likeness (QED) is 0.732. The summed E-state index contributed by atoms with van der Waals surface area (Å²) in [6.07, 6.45) is 6.39. The highest BCUT2D eigenvalue weighted by Crippen LogP contribution is 2.31. The van der Waals surface area contributed by atoms with E-state index in [4.69, 9.17) is 0 Å². The van der Waals surface area contributed by atoms with E-state index < -0.39 is 5.60 Å². The number of thioether (sulfide) groups is 1. The third kappa shape index (κ3) is 3.36. The Bertz CT molecular complexity index is 128. The lowest BCUT2D eigenvalue weighted by atomic mass is 10.1. The van der Waals surface area contributed by atoms with Crippen molar-refractivity contribution in [2.45, 2.75) is 56.8 Å². The molecule has 1 nitrogen and oxygen atoms in total. The second-order valence-corrected chi connectivity index (χ2v) is 5.36. The van der Waals surface area contributed by atoms with E-state index in [0.29, 0.717) is 0 Å². The Morgan fingerprint density at radius 2 is 2.00 bits per heavy atom. The van der Waals surface area contributed by atoms with Crippen LogP contribution in [0.5, 0.6) is 0 Å². The van der Waals surface area contributed by atoms with Crippen molar-refractivity contribution < 1.29 is 5.11 Å². The van der Waals surface area contributed by atoms with Gasteiger partial charge in [0.1, 0.15) is 0 Å². The van der Waals surface area contributed by atoms with Gasteiger partial charge in [-0.15, -0.1) is 0 Å². The first kappa shape index (κ1) is 10.4. The fourth-order valence-corrected chi connectivity index (χ4v) is 2.92. The number of aliphatic hydroxyl groups is 1. The van der Waals surface area contributed by atoms with Crippen LogP contribution in [0, 0.1) is 0 Å². The Morgan fingerprint density at radius 1 is 1.42 bits per heavy atom. The Labute approximate surface area is 79.9 Å². The average molecular weight is 188 g/mol. The van der Waals surface area contributed by atoms with Crippen LogP contribution < -0.4 is 0 Å². The van der Waals surface area contributed by atoms with Crippen LogP contribution in [-0.2, 0) is 0 Å². The second kappa shape index (κ2) is 4.52. The molecule has 0 spiro atoms. The minimum atomic E-state index is -0.437. The van der Waals surface area contributed by atoms with Gasteiger partial charge in [0.15, 0.2) is 0 Å². The first-order valence-electron chi connectivity index (χ1n) is 4.98. The largest absolute Gasteiger partial charge is 0.389 e. The molecule has 0 bridgehead atoms. The zero-order chi connectivity index (χ0) is 9.03. The fourth-order valence-electron chi connectivity index (χ4n) is 1.45. The molecule has 0 saturated heterocycles. The number of rotatable bonds is 4. The molecular formula is C10H20OS. The summed E-state index contributed by atoms with van der Waals surface area (Å²) >= 11 is 1.97. The van der Waals surface area contributed by atoms with Crippen LogP contribution in [0.25, 0.3) is 0 Å². The van der Waals surface area contributed by atoms with Gasteiger partial charge < -0.3 is 5.11 Å². The van der Waals surface area contributed by atoms with Gasteiger partial charge in [-0.1, -0.05) is 19.8 Å². The van der Waals surface area contributed by atoms with Gasteiger partial charge in [0.2, 0.25) is 0 Å². The summed E-state index contributed by atoms with van der Waals surface area (Å²) in [5.41, 5.74) is -0.437. The molecule has 1 saturated carbocycles. The van der Waals surface area contributed by atoms with Gasteiger partial charge in [-0.3, -0.25) is 0 Å². The Hall–Kier alpha value is 0.310. The van der Waals surface area contributed by atoms with Gasteiger partial charge in [-0.05, 0) is 26.2 Å². The molecule has 2 heteroatoms. The van der Waals surface area contributed by atoms with Crippen molar-refractivity contribution in [1.29, 1.82) is 0 Å². The lowest BCUT2D eigenvalue weighted by molar-refractivity contribution is 0.0815. The van der Waals surface area contributed by atoms with Crippen molar-refractivity contribution in [3.05, 3.63) is 0 Å². The van der Waals surface area contributed by atoms with Crippen LogP contribution in [0.3, 0.4) is 0 Å². The molecule has 0 radical (unpaired) electrons. The van der Waals surface area contributed by atoms with E-state index in [9.17, 15) is 5.11 Å². The van der Waals surface area contributed by atoms with E-state index in [0.717, 1.165) is 17.4 Å². The van der Waals surface area contributed by atoms with Gasteiger partial charge in [0, 0.05) is 11.0 Å². The zero-order valence-electron chi connectivity index (χ0n) is 8.18. The maximum absolute atomic E-state index is 9.76. The molecule has 0 aromatic heterocycles. The summed E-state index contributed by atoms with van der Waals surface area (Å²) in [7, 11) is 0. The summed E-state index contributed by atoms with van der Waals surface area (Å²) in [6.45, 7) is 3.99. The second-order valence-electron chi connectivity index (χ2n) is 4.07. The van der Waals surface area contributed by atoms with Crippen molar-refractivity contribution in [1.82, 2.24) is 0 Å². The predicted octanol–water partition coefficient (Wildman–Crippen LogP) is 2.82. The molecular weight excluding hydrogens is 168 g/mol. The van der Waals surface area contributed by atoms with Crippen molar-refractivity contribution in [3.8, 4) is 0 Å². The minimum Gasteiger partial charge on any atom is -0.389 e. The highest BCUT2D eigenvalue weighted by Gasteiger charge is 2.22. The average Bonchev–Trinajstić information content (AvgIpc) is 2.53. The summed E-state index contributed by atoms with van der Waals surface area (Å²) < 4.78 is 0. The fraction of sp³-hybridized carbons (Fsp3) is 1.00. The van der Waals surface area contributed by atoms with E-state index in [1.54, 1.807) is 0 Å². The molecule has 1 N–H and O–H groups in total. The van der Waals surface area contributed by atoms with Crippen molar-refractivity contribution in [2.75, 3.05) is 5.75 Å². The van der Waals surface area contributed by atoms with Crippen molar-refractivity contribution >= 4 is 11.8 Å². The van der Waals surface area contributed by atoms with E-state index in [1.165, 1.54) is 25.7 Å². The molecule has 1 aliphatic rings. The predicted molar refractivity (Wildman–Crippen MR) is 55.6 cm³/mol. The van der Waals surface area contributed by atoms with E-state index in [2.05, 4.69) is 6.92 Å². The normalized spacial score (nSPS) is 24.2. The Kier molecular flexibility index (Phi) is 3.91. The van der Waals surface area contributed by atoms with E-state index in [-0.39, 0.29) is 0 Å². The molecule has 1 atom stereocenters. The lowest BCUT2D eigenvalue weighted by Crippen LogP contribution is -2.26. The zero-order valence-corrected chi connectivity index (χ0v) is 8.99. The van der Waals surface area contributed by atoms with Crippen molar-refractivity contribution in [2.24, 2.45) is 0 Å². The molecule has 1 aliphatic carbocycles. The molecule has 0 heterocycles. The van der Waals surface area contributed by atoms with Crippen LogP contribution in [0.15, 0.2) is 0 Å². The Morgan fingerprint density at radius 3 is 2.50 bits per heavy atom. The monoisotopic (exact) mass is 188 g/mol. The van der Waals surface area contributed by atoms with Gasteiger partial charge in [0.05, 0.1) is 5.60 Å². The topological polar surface area (TPSA) is 20.2 Å². The van der Waals surface area contributed by atoms with Crippen LogP contribution in [-0.4, -0.2) is 21.7 Å². The van der Waals surface area contributed by atoms with Gasteiger partial charge in [0.25, 0.3) is 0 Å². The van der Waals surface area contributed by atoms with Crippen LogP contribution in [0.2, 0.25) is 0 Å².